The highest BCUT2D eigenvalue weighted by molar-refractivity contribution is 14.0. The lowest BCUT2D eigenvalue weighted by molar-refractivity contribution is -0.127. The molecule has 1 amide bonds. The predicted octanol–water partition coefficient (Wildman–Crippen LogP) is 0.359. The van der Waals surface area contributed by atoms with Crippen molar-refractivity contribution in [1.29, 1.82) is 0 Å². The first-order valence-corrected chi connectivity index (χ1v) is 7.92. The Morgan fingerprint density at radius 3 is 2.39 bits per heavy atom. The smallest absolute Gasteiger partial charge is 0.243 e. The molecule has 23 heavy (non-hydrogen) atoms. The van der Waals surface area contributed by atoms with Crippen molar-refractivity contribution in [2.24, 2.45) is 4.99 Å². The van der Waals surface area contributed by atoms with Crippen molar-refractivity contribution in [2.75, 3.05) is 60.0 Å². The molecule has 7 nitrogen and oxygen atoms in total. The van der Waals surface area contributed by atoms with Crippen LogP contribution < -0.4 is 10.6 Å². The minimum absolute atomic E-state index is 0. The summed E-state index contributed by atoms with van der Waals surface area (Å²) in [5, 5.41) is 6.52. The van der Waals surface area contributed by atoms with Gasteiger partial charge < -0.3 is 20.3 Å². The fraction of sp³-hybridized carbons (Fsp3) is 0.867. The van der Waals surface area contributed by atoms with Crippen molar-refractivity contribution < 1.29 is 9.53 Å². The van der Waals surface area contributed by atoms with Gasteiger partial charge in [0.05, 0.1) is 13.2 Å². The van der Waals surface area contributed by atoms with Crippen molar-refractivity contribution in [1.82, 2.24) is 20.4 Å². The summed E-state index contributed by atoms with van der Waals surface area (Å²) in [4.78, 5) is 19.9. The van der Waals surface area contributed by atoms with Gasteiger partial charge in [-0.2, -0.15) is 0 Å². The molecule has 0 unspecified atom stereocenters. The number of aliphatic imine (C=N–C) groups is 1. The summed E-state index contributed by atoms with van der Waals surface area (Å²) in [6.45, 7) is 11.6. The van der Waals surface area contributed by atoms with Gasteiger partial charge in [0.1, 0.15) is 6.54 Å². The minimum atomic E-state index is -0.00959. The average Bonchev–Trinajstić information content (AvgIpc) is 2.50. The molecule has 0 aromatic rings. The van der Waals surface area contributed by atoms with Gasteiger partial charge in [0.2, 0.25) is 5.91 Å². The van der Waals surface area contributed by atoms with Crippen LogP contribution in [-0.2, 0) is 9.53 Å². The second kappa shape index (κ2) is 11.0. The highest BCUT2D eigenvalue weighted by Gasteiger charge is 2.28. The van der Waals surface area contributed by atoms with Gasteiger partial charge in [-0.15, -0.1) is 24.0 Å². The molecular formula is C15H32IN5O2. The molecule has 0 aliphatic carbocycles. The first-order chi connectivity index (χ1) is 10.4. The van der Waals surface area contributed by atoms with Crippen LogP contribution in [0.1, 0.15) is 20.8 Å². The first-order valence-electron chi connectivity index (χ1n) is 7.92. The standard InChI is InChI=1S/C15H31N5O2.HI/c1-6-16-14(17-11-13(21)19(4)5)18-12-15(2,3)20-7-9-22-10-8-20;/h6-12H2,1-5H3,(H2,16,17,18);1H. The Kier molecular flexibility index (Phi) is 10.7. The quantitative estimate of drug-likeness (QED) is 0.354. The van der Waals surface area contributed by atoms with Crippen molar-refractivity contribution in [3.63, 3.8) is 0 Å². The Balaban J connectivity index is 0.00000484. The van der Waals surface area contributed by atoms with Gasteiger partial charge in [-0.05, 0) is 20.8 Å². The normalized spacial score (nSPS) is 16.5. The zero-order valence-corrected chi connectivity index (χ0v) is 17.3. The molecule has 0 bridgehead atoms. The second-order valence-electron chi connectivity index (χ2n) is 6.25. The Morgan fingerprint density at radius 2 is 1.87 bits per heavy atom. The van der Waals surface area contributed by atoms with Gasteiger partial charge in [0, 0.05) is 45.8 Å². The number of ether oxygens (including phenoxy) is 1. The molecule has 1 saturated heterocycles. The van der Waals surface area contributed by atoms with E-state index in [0.717, 1.165) is 39.4 Å². The van der Waals surface area contributed by atoms with Crippen LogP contribution in [0.5, 0.6) is 0 Å². The van der Waals surface area contributed by atoms with Crippen molar-refractivity contribution >= 4 is 35.8 Å². The van der Waals surface area contributed by atoms with E-state index in [2.05, 4.69) is 34.4 Å². The van der Waals surface area contributed by atoms with Gasteiger partial charge in [0.15, 0.2) is 5.96 Å². The number of guanidine groups is 1. The largest absolute Gasteiger partial charge is 0.379 e. The van der Waals surface area contributed by atoms with E-state index >= 15 is 0 Å². The molecule has 0 aromatic carbocycles. The van der Waals surface area contributed by atoms with E-state index in [-0.39, 0.29) is 42.0 Å². The monoisotopic (exact) mass is 441 g/mol. The number of amides is 1. The molecule has 1 aliphatic heterocycles. The summed E-state index contributed by atoms with van der Waals surface area (Å²) in [6, 6.07) is 0. The Hall–Kier alpha value is -0.610. The van der Waals surface area contributed by atoms with Crippen LogP contribution in [0.3, 0.4) is 0 Å². The van der Waals surface area contributed by atoms with Gasteiger partial charge in [-0.3, -0.25) is 9.69 Å². The Labute approximate surface area is 157 Å². The number of carbonyl (C=O) groups is 1. The maximum atomic E-state index is 11.6. The molecule has 0 spiro atoms. The summed E-state index contributed by atoms with van der Waals surface area (Å²) >= 11 is 0. The van der Waals surface area contributed by atoms with Crippen LogP contribution in [0.2, 0.25) is 0 Å². The maximum absolute atomic E-state index is 11.6. The molecule has 8 heteroatoms. The number of likely N-dealkylation sites (N-methyl/N-ethyl adjacent to an activating group) is 1. The molecule has 136 valence electrons. The maximum Gasteiger partial charge on any atom is 0.243 e. The zero-order chi connectivity index (χ0) is 16.6. The summed E-state index contributed by atoms with van der Waals surface area (Å²) < 4.78 is 5.41. The third-order valence-electron chi connectivity index (χ3n) is 3.77. The van der Waals surface area contributed by atoms with Crippen LogP contribution in [0, 0.1) is 0 Å². The van der Waals surface area contributed by atoms with Crippen LogP contribution >= 0.6 is 24.0 Å². The number of hydrogen-bond donors (Lipinski definition) is 2. The van der Waals surface area contributed by atoms with E-state index in [9.17, 15) is 4.79 Å². The molecular weight excluding hydrogens is 409 g/mol. The van der Waals surface area contributed by atoms with Crippen LogP contribution in [0.15, 0.2) is 4.99 Å². The number of hydrogen-bond acceptors (Lipinski definition) is 4. The topological polar surface area (TPSA) is 69.2 Å². The lowest BCUT2D eigenvalue weighted by Crippen LogP contribution is -2.56. The van der Waals surface area contributed by atoms with Gasteiger partial charge in [-0.1, -0.05) is 0 Å². The molecule has 1 aliphatic rings. The third-order valence-corrected chi connectivity index (χ3v) is 3.77. The summed E-state index contributed by atoms with van der Waals surface area (Å²) in [5.74, 6) is 0.670. The lowest BCUT2D eigenvalue weighted by Gasteiger charge is -2.41. The number of halogens is 1. The number of nitrogens with one attached hydrogen (secondary N) is 2. The summed E-state index contributed by atoms with van der Waals surface area (Å²) in [5.41, 5.74) is 0.00548. The second-order valence-corrected chi connectivity index (χ2v) is 6.25. The zero-order valence-electron chi connectivity index (χ0n) is 15.0. The summed E-state index contributed by atoms with van der Waals surface area (Å²) in [6.07, 6.45) is 0. The molecule has 1 rings (SSSR count). The predicted molar refractivity (Wildman–Crippen MR) is 105 cm³/mol. The Bertz CT molecular complexity index is 382. The van der Waals surface area contributed by atoms with E-state index < -0.39 is 0 Å². The molecule has 2 N–H and O–H groups in total. The first kappa shape index (κ1) is 22.4. The third kappa shape index (κ3) is 8.16. The highest BCUT2D eigenvalue weighted by Crippen LogP contribution is 2.14. The van der Waals surface area contributed by atoms with E-state index in [1.165, 1.54) is 0 Å². The average molecular weight is 441 g/mol. The molecule has 0 saturated carbocycles. The van der Waals surface area contributed by atoms with Crippen LogP contribution in [0.4, 0.5) is 0 Å². The van der Waals surface area contributed by atoms with E-state index in [1.807, 2.05) is 6.92 Å². The number of morpholine rings is 1. The van der Waals surface area contributed by atoms with Crippen LogP contribution in [0.25, 0.3) is 0 Å². The lowest BCUT2D eigenvalue weighted by atomic mass is 10.0. The molecule has 1 fully saturated rings. The van der Waals surface area contributed by atoms with Crippen molar-refractivity contribution in [2.45, 2.75) is 26.3 Å². The van der Waals surface area contributed by atoms with Gasteiger partial charge in [0.25, 0.3) is 0 Å². The number of nitrogens with zero attached hydrogens (tertiary/aromatic N) is 3. The van der Waals surface area contributed by atoms with E-state index in [4.69, 9.17) is 4.74 Å². The highest BCUT2D eigenvalue weighted by atomic mass is 127. The van der Waals surface area contributed by atoms with Gasteiger partial charge in [-0.25, -0.2) is 4.99 Å². The molecule has 1 heterocycles. The number of rotatable bonds is 6. The van der Waals surface area contributed by atoms with E-state index in [0.29, 0.717) is 5.96 Å². The SMILES string of the molecule is CCNC(=NCC(=O)N(C)C)NCC(C)(C)N1CCOCC1.I. The fourth-order valence-electron chi connectivity index (χ4n) is 2.21. The van der Waals surface area contributed by atoms with Crippen molar-refractivity contribution in [3.8, 4) is 0 Å². The molecule has 0 radical (unpaired) electrons. The summed E-state index contributed by atoms with van der Waals surface area (Å²) in [7, 11) is 3.47. The van der Waals surface area contributed by atoms with Gasteiger partial charge >= 0.3 is 0 Å². The van der Waals surface area contributed by atoms with Crippen molar-refractivity contribution in [3.05, 3.63) is 0 Å². The Morgan fingerprint density at radius 1 is 1.26 bits per heavy atom. The molecule has 0 aromatic heterocycles. The molecule has 0 atom stereocenters. The fourth-order valence-corrected chi connectivity index (χ4v) is 2.21. The minimum Gasteiger partial charge on any atom is -0.379 e. The number of carbonyl (C=O) groups excluding carboxylic acids is 1. The van der Waals surface area contributed by atoms with Crippen LogP contribution in [-0.4, -0.2) is 87.2 Å². The van der Waals surface area contributed by atoms with E-state index in [1.54, 1.807) is 19.0 Å².